The Morgan fingerprint density at radius 2 is 1.38 bits per heavy atom. The third-order valence-electron chi connectivity index (χ3n) is 3.78. The van der Waals surface area contributed by atoms with Crippen LogP contribution in [0.3, 0.4) is 0 Å². The van der Waals surface area contributed by atoms with Crippen molar-refractivity contribution >= 4 is 78.9 Å². The molecule has 21 heavy (non-hydrogen) atoms. The first-order valence-corrected chi connectivity index (χ1v) is 8.92. The molecule has 0 aliphatic heterocycles. The zero-order chi connectivity index (χ0) is 15.5. The minimum Gasteiger partial charge on any atom is -0.377 e. The van der Waals surface area contributed by atoms with Crippen LogP contribution in [-0.2, 0) is 0 Å². The summed E-state index contributed by atoms with van der Waals surface area (Å²) >= 11 is 11.2. The average Bonchev–Trinajstić information content (AvgIpc) is 2.64. The molecule has 5 heteroatoms. The fraction of sp³-hybridized carbons (Fsp3) is 0.250. The van der Waals surface area contributed by atoms with Gasteiger partial charge in [-0.3, -0.25) is 0 Å². The van der Waals surface area contributed by atoms with Gasteiger partial charge < -0.3 is 9.80 Å². The minimum atomic E-state index is 1.11. The van der Waals surface area contributed by atoms with E-state index in [1.54, 1.807) is 0 Å². The van der Waals surface area contributed by atoms with E-state index in [-0.39, 0.29) is 0 Å². The summed E-state index contributed by atoms with van der Waals surface area (Å²) in [4.78, 5) is 4.34. The highest BCUT2D eigenvalue weighted by Gasteiger charge is 2.26. The zero-order valence-electron chi connectivity index (χ0n) is 12.3. The lowest BCUT2D eigenvalue weighted by atomic mass is 10.00. The first kappa shape index (κ1) is 15.4. The zero-order valence-corrected chi connectivity index (χ0v) is 17.0. The summed E-state index contributed by atoms with van der Waals surface area (Å²) in [5.74, 6) is 0. The van der Waals surface area contributed by atoms with E-state index in [0.717, 1.165) is 13.4 Å². The van der Waals surface area contributed by atoms with Crippen LogP contribution in [0.1, 0.15) is 11.1 Å². The van der Waals surface area contributed by atoms with E-state index in [1.807, 2.05) is 0 Å². The number of anilines is 2. The van der Waals surface area contributed by atoms with Crippen molar-refractivity contribution in [3.05, 3.63) is 33.8 Å². The lowest BCUT2D eigenvalue weighted by Gasteiger charge is -2.24. The van der Waals surface area contributed by atoms with Gasteiger partial charge in [0, 0.05) is 58.1 Å². The van der Waals surface area contributed by atoms with Gasteiger partial charge in [0.15, 0.2) is 0 Å². The first-order valence-electron chi connectivity index (χ1n) is 6.54. The Kier molecular flexibility index (Phi) is 3.87. The molecule has 3 rings (SSSR count). The highest BCUT2D eigenvalue weighted by molar-refractivity contribution is 9.18. The van der Waals surface area contributed by atoms with Crippen molar-refractivity contribution in [1.29, 1.82) is 0 Å². The highest BCUT2D eigenvalue weighted by Crippen LogP contribution is 2.53. The summed E-state index contributed by atoms with van der Waals surface area (Å²) in [5, 5.41) is 2.57. The van der Waals surface area contributed by atoms with E-state index < -0.39 is 0 Å². The molecule has 2 aromatic carbocycles. The Bertz CT molecular complexity index is 792. The summed E-state index contributed by atoms with van der Waals surface area (Å²) in [7, 11) is 8.34. The normalized spacial score (nSPS) is 13.3. The lowest BCUT2D eigenvalue weighted by molar-refractivity contribution is 1.12. The van der Waals surface area contributed by atoms with Crippen LogP contribution in [-0.4, -0.2) is 28.2 Å². The second kappa shape index (κ2) is 5.28. The topological polar surface area (TPSA) is 6.48 Å². The number of benzene rings is 2. The monoisotopic (exact) mass is 472 g/mol. The van der Waals surface area contributed by atoms with Gasteiger partial charge in [-0.05, 0) is 71.0 Å². The molecule has 0 amide bonds. The molecule has 0 saturated carbocycles. The van der Waals surface area contributed by atoms with Crippen molar-refractivity contribution in [1.82, 2.24) is 0 Å². The van der Waals surface area contributed by atoms with Crippen LogP contribution >= 0.6 is 47.8 Å². The number of halogens is 3. The maximum atomic E-state index is 3.74. The van der Waals surface area contributed by atoms with Gasteiger partial charge in [0.25, 0.3) is 0 Å². The summed E-state index contributed by atoms with van der Waals surface area (Å²) in [6.07, 6.45) is 0. The molecular formula is C16H15Br3N2. The molecule has 0 atom stereocenters. The van der Waals surface area contributed by atoms with Crippen molar-refractivity contribution in [3.63, 3.8) is 0 Å². The SMILES string of the molecule is CN(C)c1ccc2c3c(cc(Br)c(N(C)C)c13)C(Br)=C2Br. The van der Waals surface area contributed by atoms with Crippen LogP contribution in [0.15, 0.2) is 22.7 Å². The molecule has 0 aromatic heterocycles. The molecule has 1 aliphatic carbocycles. The summed E-state index contributed by atoms with van der Waals surface area (Å²) in [6, 6.07) is 6.57. The standard InChI is InChI=1S/C16H15Br3N2/c1-20(2)11-6-5-8-12-9(15(19)14(8)18)7-10(17)16(13(11)12)21(3)4/h5-7H,1-4H3. The summed E-state index contributed by atoms with van der Waals surface area (Å²) in [5.41, 5.74) is 4.91. The Morgan fingerprint density at radius 3 is 1.95 bits per heavy atom. The first-order chi connectivity index (χ1) is 9.84. The van der Waals surface area contributed by atoms with Crippen molar-refractivity contribution in [2.45, 2.75) is 0 Å². The third kappa shape index (κ3) is 2.16. The Morgan fingerprint density at radius 1 is 0.762 bits per heavy atom. The Balaban J connectivity index is 2.57. The maximum absolute atomic E-state index is 3.74. The fourth-order valence-corrected chi connectivity index (χ4v) is 4.75. The molecule has 0 radical (unpaired) electrons. The predicted molar refractivity (Wildman–Crippen MR) is 105 cm³/mol. The van der Waals surface area contributed by atoms with E-state index in [4.69, 9.17) is 0 Å². The second-order valence-corrected chi connectivity index (χ2v) is 7.99. The number of rotatable bonds is 2. The second-order valence-electron chi connectivity index (χ2n) is 5.55. The lowest BCUT2D eigenvalue weighted by Crippen LogP contribution is -2.14. The van der Waals surface area contributed by atoms with Gasteiger partial charge in [-0.15, -0.1) is 0 Å². The number of hydrogen-bond donors (Lipinski definition) is 0. The van der Waals surface area contributed by atoms with Gasteiger partial charge in [-0.25, -0.2) is 0 Å². The molecule has 2 nitrogen and oxygen atoms in total. The van der Waals surface area contributed by atoms with Crippen LogP contribution in [0.5, 0.6) is 0 Å². The fourth-order valence-electron chi connectivity index (χ4n) is 2.90. The van der Waals surface area contributed by atoms with Crippen molar-refractivity contribution in [2.24, 2.45) is 0 Å². The van der Waals surface area contributed by atoms with Gasteiger partial charge in [-0.1, -0.05) is 6.07 Å². The van der Waals surface area contributed by atoms with Crippen LogP contribution in [0.2, 0.25) is 0 Å². The van der Waals surface area contributed by atoms with Crippen LogP contribution in [0.4, 0.5) is 11.4 Å². The largest absolute Gasteiger partial charge is 0.377 e. The molecule has 0 N–H and O–H groups in total. The molecule has 2 aromatic rings. The van der Waals surface area contributed by atoms with Crippen molar-refractivity contribution in [3.8, 4) is 0 Å². The minimum absolute atomic E-state index is 1.11. The van der Waals surface area contributed by atoms with E-state index in [2.05, 4.69) is 104 Å². The van der Waals surface area contributed by atoms with Crippen molar-refractivity contribution < 1.29 is 0 Å². The van der Waals surface area contributed by atoms with Gasteiger partial charge in [0.1, 0.15) is 0 Å². The maximum Gasteiger partial charge on any atom is 0.0606 e. The van der Waals surface area contributed by atoms with Crippen molar-refractivity contribution in [2.75, 3.05) is 38.0 Å². The smallest absolute Gasteiger partial charge is 0.0606 e. The van der Waals surface area contributed by atoms with Crippen LogP contribution in [0.25, 0.3) is 19.7 Å². The van der Waals surface area contributed by atoms with E-state index in [0.29, 0.717) is 0 Å². The molecule has 110 valence electrons. The van der Waals surface area contributed by atoms with E-state index >= 15 is 0 Å². The molecule has 0 saturated heterocycles. The quantitative estimate of drug-likeness (QED) is 0.554. The molecule has 0 unspecified atom stereocenters. The predicted octanol–water partition coefficient (Wildman–Crippen LogP) is 5.66. The van der Waals surface area contributed by atoms with Crippen LogP contribution in [0, 0.1) is 0 Å². The number of nitrogens with zero attached hydrogens (tertiary/aromatic N) is 2. The average molecular weight is 475 g/mol. The molecular weight excluding hydrogens is 460 g/mol. The Labute approximate surface area is 150 Å². The molecule has 0 heterocycles. The summed E-state index contributed by atoms with van der Waals surface area (Å²) in [6.45, 7) is 0. The molecule has 0 bridgehead atoms. The Hall–Kier alpha value is -0.520. The molecule has 0 fully saturated rings. The number of hydrogen-bond acceptors (Lipinski definition) is 2. The third-order valence-corrected chi connectivity index (χ3v) is 6.57. The summed E-state index contributed by atoms with van der Waals surface area (Å²) < 4.78 is 3.34. The van der Waals surface area contributed by atoms with Gasteiger partial charge >= 0.3 is 0 Å². The van der Waals surface area contributed by atoms with Gasteiger partial charge in [0.05, 0.1) is 5.69 Å². The van der Waals surface area contributed by atoms with Crippen LogP contribution < -0.4 is 9.80 Å². The van der Waals surface area contributed by atoms with E-state index in [9.17, 15) is 0 Å². The van der Waals surface area contributed by atoms with E-state index in [1.165, 1.54) is 33.3 Å². The van der Waals surface area contributed by atoms with Gasteiger partial charge in [0.2, 0.25) is 0 Å². The highest BCUT2D eigenvalue weighted by atomic mass is 79.9. The molecule has 0 spiro atoms. The van der Waals surface area contributed by atoms with Gasteiger partial charge in [-0.2, -0.15) is 0 Å². The molecule has 1 aliphatic rings.